The quantitative estimate of drug-likeness (QED) is 0.348. The van der Waals surface area contributed by atoms with Crippen LogP contribution in [0, 0.1) is 0 Å². The molecule has 0 amide bonds. The lowest BCUT2D eigenvalue weighted by atomic mass is 9.96. The number of halogens is 1. The lowest BCUT2D eigenvalue weighted by Crippen LogP contribution is -2.47. The summed E-state index contributed by atoms with van der Waals surface area (Å²) in [6.45, 7) is 9.99. The molecule has 3 unspecified atom stereocenters. The van der Waals surface area contributed by atoms with Crippen molar-refractivity contribution in [1.29, 1.82) is 0 Å². The van der Waals surface area contributed by atoms with Gasteiger partial charge < -0.3 is 20.3 Å². The Morgan fingerprint density at radius 1 is 1.07 bits per heavy atom. The number of hydrogen-bond acceptors (Lipinski definition) is 4. The first-order chi connectivity index (χ1) is 13.7. The summed E-state index contributed by atoms with van der Waals surface area (Å²) < 4.78 is 5.93. The highest BCUT2D eigenvalue weighted by Gasteiger charge is 2.41. The molecule has 0 aromatic heterocycles. The van der Waals surface area contributed by atoms with Gasteiger partial charge in [-0.15, -0.1) is 24.0 Å². The highest BCUT2D eigenvalue weighted by molar-refractivity contribution is 14.0. The number of nitrogens with one attached hydrogen (secondary N) is 2. The molecule has 6 nitrogen and oxygen atoms in total. The van der Waals surface area contributed by atoms with Gasteiger partial charge in [-0.1, -0.05) is 31.2 Å². The molecule has 0 spiro atoms. The molecule has 3 atom stereocenters. The van der Waals surface area contributed by atoms with Crippen molar-refractivity contribution in [3.8, 4) is 0 Å². The summed E-state index contributed by atoms with van der Waals surface area (Å²) in [4.78, 5) is 9.47. The van der Waals surface area contributed by atoms with Crippen LogP contribution in [0.2, 0.25) is 0 Å². The van der Waals surface area contributed by atoms with Crippen LogP contribution in [-0.2, 0) is 17.8 Å². The number of benzene rings is 1. The van der Waals surface area contributed by atoms with E-state index >= 15 is 0 Å². The summed E-state index contributed by atoms with van der Waals surface area (Å²) >= 11 is 0. The number of likely N-dealkylation sites (N-methyl/N-ethyl adjacent to an activating group) is 1. The Morgan fingerprint density at radius 3 is 2.34 bits per heavy atom. The first-order valence-corrected chi connectivity index (χ1v) is 10.9. The summed E-state index contributed by atoms with van der Waals surface area (Å²) in [5.74, 6) is 0.874. The van der Waals surface area contributed by atoms with E-state index in [4.69, 9.17) is 4.74 Å². The highest BCUT2D eigenvalue weighted by Crippen LogP contribution is 2.34. The minimum absolute atomic E-state index is 0. The topological polar surface area (TPSA) is 52.1 Å². The molecular formula is C22H36IN5O. The predicted molar refractivity (Wildman–Crippen MR) is 129 cm³/mol. The summed E-state index contributed by atoms with van der Waals surface area (Å²) in [6.07, 6.45) is 4.32. The van der Waals surface area contributed by atoms with Crippen molar-refractivity contribution in [2.45, 2.75) is 57.5 Å². The largest absolute Gasteiger partial charge is 0.373 e. The summed E-state index contributed by atoms with van der Waals surface area (Å²) in [7, 11) is 1.84. The van der Waals surface area contributed by atoms with Crippen molar-refractivity contribution >= 4 is 29.9 Å². The molecular weight excluding hydrogens is 477 g/mol. The second-order valence-corrected chi connectivity index (χ2v) is 8.31. The minimum atomic E-state index is 0. The molecule has 1 aromatic rings. The molecule has 162 valence electrons. The molecule has 3 fully saturated rings. The van der Waals surface area contributed by atoms with Crippen LogP contribution in [0.4, 0.5) is 0 Å². The fraction of sp³-hybridized carbons (Fsp3) is 0.682. The average molecular weight is 513 g/mol. The van der Waals surface area contributed by atoms with Crippen LogP contribution in [0.25, 0.3) is 0 Å². The predicted octanol–water partition coefficient (Wildman–Crippen LogP) is 2.43. The van der Waals surface area contributed by atoms with Crippen molar-refractivity contribution < 1.29 is 4.74 Å². The number of hydrogen-bond donors (Lipinski definition) is 2. The third-order valence-corrected chi connectivity index (χ3v) is 6.45. The maximum absolute atomic E-state index is 5.93. The van der Waals surface area contributed by atoms with Crippen LogP contribution in [0.1, 0.15) is 37.3 Å². The fourth-order valence-corrected chi connectivity index (χ4v) is 4.63. The normalized spacial score (nSPS) is 27.7. The molecule has 3 aliphatic heterocycles. The van der Waals surface area contributed by atoms with Crippen molar-refractivity contribution in [1.82, 2.24) is 20.4 Å². The second-order valence-electron chi connectivity index (χ2n) is 8.31. The van der Waals surface area contributed by atoms with E-state index in [9.17, 15) is 0 Å². The molecule has 3 heterocycles. The summed E-state index contributed by atoms with van der Waals surface area (Å²) in [5.41, 5.74) is 2.68. The van der Waals surface area contributed by atoms with E-state index in [1.165, 1.54) is 56.7 Å². The molecule has 1 aromatic carbocycles. The Morgan fingerprint density at radius 2 is 1.76 bits per heavy atom. The van der Waals surface area contributed by atoms with Gasteiger partial charge in [-0.05, 0) is 36.9 Å². The van der Waals surface area contributed by atoms with Gasteiger partial charge in [-0.3, -0.25) is 9.89 Å². The molecule has 0 aliphatic carbocycles. The lowest BCUT2D eigenvalue weighted by Gasteiger charge is -2.34. The van der Waals surface area contributed by atoms with Crippen molar-refractivity contribution in [3.05, 3.63) is 35.4 Å². The molecule has 0 radical (unpaired) electrons. The molecule has 4 rings (SSSR count). The molecule has 3 saturated heterocycles. The Hall–Kier alpha value is -0.900. The third-order valence-electron chi connectivity index (χ3n) is 6.45. The number of fused-ring (bicyclic) bond motifs is 2. The first-order valence-electron chi connectivity index (χ1n) is 10.9. The number of nitrogens with zero attached hydrogens (tertiary/aromatic N) is 3. The Labute approximate surface area is 192 Å². The number of guanidine groups is 1. The molecule has 2 bridgehead atoms. The first kappa shape index (κ1) is 22.8. The maximum Gasteiger partial charge on any atom is 0.191 e. The van der Waals surface area contributed by atoms with Crippen LogP contribution in [0.3, 0.4) is 0 Å². The SMILES string of the molecule is CCN1CCN(Cc2ccc(CNC(=NC)NC3CC4CCC3O4)cc2)CC1.I. The molecule has 29 heavy (non-hydrogen) atoms. The molecule has 2 N–H and O–H groups in total. The van der Waals surface area contributed by atoms with Crippen molar-refractivity contribution in [2.75, 3.05) is 39.8 Å². The van der Waals surface area contributed by atoms with E-state index in [1.807, 2.05) is 7.05 Å². The van der Waals surface area contributed by atoms with Gasteiger partial charge in [-0.25, -0.2) is 0 Å². The Bertz CT molecular complexity index is 660. The summed E-state index contributed by atoms with van der Waals surface area (Å²) in [6, 6.07) is 9.41. The molecule has 0 saturated carbocycles. The van der Waals surface area contributed by atoms with Crippen LogP contribution >= 0.6 is 24.0 Å². The summed E-state index contributed by atoms with van der Waals surface area (Å²) in [5, 5.41) is 7.00. The minimum Gasteiger partial charge on any atom is -0.373 e. The van der Waals surface area contributed by atoms with Crippen LogP contribution < -0.4 is 10.6 Å². The van der Waals surface area contributed by atoms with E-state index in [-0.39, 0.29) is 24.0 Å². The van der Waals surface area contributed by atoms with Gasteiger partial charge in [0.2, 0.25) is 0 Å². The zero-order valence-electron chi connectivity index (χ0n) is 17.8. The standard InChI is InChI=1S/C22H35N5O.HI/c1-3-26-10-12-27(13-11-26)16-18-6-4-17(5-7-18)15-24-22(23-2)25-20-14-19-8-9-21(20)28-19;/h4-7,19-21H,3,8-16H2,1-2H3,(H2,23,24,25);1H. The van der Waals surface area contributed by atoms with Gasteiger partial charge >= 0.3 is 0 Å². The third kappa shape index (κ3) is 6.06. The van der Waals surface area contributed by atoms with Gasteiger partial charge in [0.05, 0.1) is 18.2 Å². The zero-order chi connectivity index (χ0) is 19.3. The molecule has 7 heteroatoms. The van der Waals surface area contributed by atoms with Gasteiger partial charge in [0.1, 0.15) is 0 Å². The van der Waals surface area contributed by atoms with E-state index in [0.717, 1.165) is 25.5 Å². The van der Waals surface area contributed by atoms with E-state index in [2.05, 4.69) is 56.6 Å². The van der Waals surface area contributed by atoms with E-state index in [0.29, 0.717) is 18.2 Å². The van der Waals surface area contributed by atoms with Crippen LogP contribution in [0.15, 0.2) is 29.3 Å². The van der Waals surface area contributed by atoms with Gasteiger partial charge in [0, 0.05) is 46.3 Å². The van der Waals surface area contributed by atoms with Crippen molar-refractivity contribution in [3.63, 3.8) is 0 Å². The highest BCUT2D eigenvalue weighted by atomic mass is 127. The van der Waals surface area contributed by atoms with Crippen LogP contribution in [-0.4, -0.2) is 73.8 Å². The Kier molecular flexibility index (Phi) is 8.58. The van der Waals surface area contributed by atoms with E-state index < -0.39 is 0 Å². The zero-order valence-corrected chi connectivity index (χ0v) is 20.1. The Balaban J connectivity index is 0.00000240. The van der Waals surface area contributed by atoms with Gasteiger partial charge in [0.25, 0.3) is 0 Å². The van der Waals surface area contributed by atoms with Gasteiger partial charge in [-0.2, -0.15) is 0 Å². The second kappa shape index (κ2) is 10.9. The number of aliphatic imine (C=N–C) groups is 1. The monoisotopic (exact) mass is 513 g/mol. The average Bonchev–Trinajstić information content (AvgIpc) is 3.36. The van der Waals surface area contributed by atoms with Crippen molar-refractivity contribution in [2.24, 2.45) is 4.99 Å². The maximum atomic E-state index is 5.93. The smallest absolute Gasteiger partial charge is 0.191 e. The van der Waals surface area contributed by atoms with Crippen LogP contribution in [0.5, 0.6) is 0 Å². The number of piperazine rings is 1. The fourth-order valence-electron chi connectivity index (χ4n) is 4.63. The van der Waals surface area contributed by atoms with Gasteiger partial charge in [0.15, 0.2) is 5.96 Å². The van der Waals surface area contributed by atoms with E-state index in [1.54, 1.807) is 0 Å². The lowest BCUT2D eigenvalue weighted by molar-refractivity contribution is 0.0992. The number of ether oxygens (including phenoxy) is 1. The molecule has 3 aliphatic rings. The number of rotatable bonds is 6.